The van der Waals surface area contributed by atoms with E-state index in [1.165, 1.54) is 0 Å². The summed E-state index contributed by atoms with van der Waals surface area (Å²) in [4.78, 5) is 14.9. The third-order valence-corrected chi connectivity index (χ3v) is 5.08. The lowest BCUT2D eigenvalue weighted by Gasteiger charge is -2.12. The summed E-state index contributed by atoms with van der Waals surface area (Å²) in [6.07, 6.45) is -0.0706. The van der Waals surface area contributed by atoms with Crippen LogP contribution in [0.1, 0.15) is 11.1 Å². The summed E-state index contributed by atoms with van der Waals surface area (Å²) in [5, 5.41) is 10.3. The van der Waals surface area contributed by atoms with Crippen molar-refractivity contribution in [1.82, 2.24) is 4.98 Å². The molecular weight excluding hydrogens is 418 g/mol. The molecule has 0 bridgehead atoms. The number of benzene rings is 3. The second-order valence-electron chi connectivity index (χ2n) is 6.51. The standard InChI is InChI=1S/C23H18BrNO3/c24-16-10-11-20-18(12-16)19(13-22(26)27)23(25-20)17-8-4-5-9-21(17)28-14-15-6-2-1-3-7-15/h1-12,25H,13-14H2,(H,26,27). The summed E-state index contributed by atoms with van der Waals surface area (Å²) in [5.41, 5.74) is 4.34. The van der Waals surface area contributed by atoms with Crippen molar-refractivity contribution in [3.63, 3.8) is 0 Å². The van der Waals surface area contributed by atoms with Gasteiger partial charge >= 0.3 is 5.97 Å². The molecule has 0 atom stereocenters. The molecule has 1 aromatic heterocycles. The predicted octanol–water partition coefficient (Wildman–Crippen LogP) is 5.80. The summed E-state index contributed by atoms with van der Waals surface area (Å²) in [5.74, 6) is -0.159. The summed E-state index contributed by atoms with van der Waals surface area (Å²) in [6.45, 7) is 0.442. The molecule has 4 nitrogen and oxygen atoms in total. The first-order valence-electron chi connectivity index (χ1n) is 8.90. The molecule has 0 amide bonds. The van der Waals surface area contributed by atoms with E-state index in [4.69, 9.17) is 4.74 Å². The maximum atomic E-state index is 11.5. The summed E-state index contributed by atoms with van der Waals surface area (Å²) < 4.78 is 6.99. The van der Waals surface area contributed by atoms with Gasteiger partial charge in [-0.2, -0.15) is 0 Å². The van der Waals surface area contributed by atoms with E-state index >= 15 is 0 Å². The molecule has 0 saturated carbocycles. The zero-order valence-electron chi connectivity index (χ0n) is 15.0. The molecule has 0 aliphatic heterocycles. The lowest BCUT2D eigenvalue weighted by atomic mass is 10.0. The number of carboxylic acid groups (broad SMARTS) is 1. The number of fused-ring (bicyclic) bond motifs is 1. The Morgan fingerprint density at radius 1 is 1.00 bits per heavy atom. The fraction of sp³-hybridized carbons (Fsp3) is 0.0870. The van der Waals surface area contributed by atoms with Crippen LogP contribution in [0, 0.1) is 0 Å². The maximum Gasteiger partial charge on any atom is 0.307 e. The Labute approximate surface area is 170 Å². The monoisotopic (exact) mass is 435 g/mol. The molecule has 0 aliphatic rings. The van der Waals surface area contributed by atoms with Crippen LogP contribution in [0.15, 0.2) is 77.3 Å². The number of aromatic nitrogens is 1. The Kier molecular flexibility index (Phi) is 5.17. The van der Waals surface area contributed by atoms with Crippen molar-refractivity contribution in [3.8, 4) is 17.0 Å². The van der Waals surface area contributed by atoms with Gasteiger partial charge in [-0.1, -0.05) is 58.4 Å². The molecule has 5 heteroatoms. The van der Waals surface area contributed by atoms with E-state index < -0.39 is 5.97 Å². The van der Waals surface area contributed by atoms with Gasteiger partial charge in [0, 0.05) is 20.9 Å². The molecular formula is C23H18BrNO3. The fourth-order valence-electron chi connectivity index (χ4n) is 3.32. The lowest BCUT2D eigenvalue weighted by Crippen LogP contribution is -2.02. The molecule has 0 saturated heterocycles. The van der Waals surface area contributed by atoms with Gasteiger partial charge in [-0.3, -0.25) is 4.79 Å². The van der Waals surface area contributed by atoms with Crippen LogP contribution in [-0.4, -0.2) is 16.1 Å². The number of rotatable bonds is 6. The Morgan fingerprint density at radius 2 is 1.75 bits per heavy atom. The fourth-order valence-corrected chi connectivity index (χ4v) is 3.68. The Hall–Kier alpha value is -3.05. The number of hydrogen-bond donors (Lipinski definition) is 2. The second kappa shape index (κ2) is 7.90. The van der Waals surface area contributed by atoms with E-state index in [2.05, 4.69) is 20.9 Å². The van der Waals surface area contributed by atoms with Gasteiger partial charge in [-0.05, 0) is 41.5 Å². The highest BCUT2D eigenvalue weighted by atomic mass is 79.9. The molecule has 140 valence electrons. The van der Waals surface area contributed by atoms with E-state index in [1.54, 1.807) is 0 Å². The highest BCUT2D eigenvalue weighted by Gasteiger charge is 2.18. The van der Waals surface area contributed by atoms with Gasteiger partial charge in [0.2, 0.25) is 0 Å². The number of aliphatic carboxylic acids is 1. The molecule has 4 aromatic rings. The highest BCUT2D eigenvalue weighted by molar-refractivity contribution is 9.10. The third kappa shape index (κ3) is 3.80. The molecule has 2 N–H and O–H groups in total. The highest BCUT2D eigenvalue weighted by Crippen LogP contribution is 2.37. The number of para-hydroxylation sites is 1. The van der Waals surface area contributed by atoms with Crippen molar-refractivity contribution in [2.24, 2.45) is 0 Å². The van der Waals surface area contributed by atoms with E-state index in [1.807, 2.05) is 72.8 Å². The topological polar surface area (TPSA) is 62.3 Å². The quantitative estimate of drug-likeness (QED) is 0.401. The van der Waals surface area contributed by atoms with Crippen LogP contribution in [0.2, 0.25) is 0 Å². The minimum atomic E-state index is -0.871. The van der Waals surface area contributed by atoms with Crippen LogP contribution in [0.25, 0.3) is 22.2 Å². The van der Waals surface area contributed by atoms with E-state index in [0.29, 0.717) is 12.4 Å². The first-order chi connectivity index (χ1) is 13.6. The summed E-state index contributed by atoms with van der Waals surface area (Å²) >= 11 is 3.48. The van der Waals surface area contributed by atoms with E-state index in [9.17, 15) is 9.90 Å². The summed E-state index contributed by atoms with van der Waals surface area (Å²) in [7, 11) is 0. The van der Waals surface area contributed by atoms with Gasteiger partial charge in [0.05, 0.1) is 12.1 Å². The molecule has 4 rings (SSSR count). The van der Waals surface area contributed by atoms with Gasteiger partial charge in [-0.15, -0.1) is 0 Å². The molecule has 1 heterocycles. The van der Waals surface area contributed by atoms with Crippen LogP contribution in [0.3, 0.4) is 0 Å². The van der Waals surface area contributed by atoms with Crippen LogP contribution < -0.4 is 4.74 Å². The van der Waals surface area contributed by atoms with Crippen molar-refractivity contribution in [1.29, 1.82) is 0 Å². The van der Waals surface area contributed by atoms with E-state index in [0.717, 1.165) is 37.8 Å². The number of halogens is 1. The number of aromatic amines is 1. The lowest BCUT2D eigenvalue weighted by molar-refractivity contribution is -0.136. The van der Waals surface area contributed by atoms with Crippen molar-refractivity contribution < 1.29 is 14.6 Å². The average Bonchev–Trinajstić information content (AvgIpc) is 3.04. The molecule has 0 aliphatic carbocycles. The number of ether oxygens (including phenoxy) is 1. The van der Waals surface area contributed by atoms with E-state index in [-0.39, 0.29) is 6.42 Å². The van der Waals surface area contributed by atoms with Gasteiger partial charge in [0.15, 0.2) is 0 Å². The average molecular weight is 436 g/mol. The molecule has 28 heavy (non-hydrogen) atoms. The minimum Gasteiger partial charge on any atom is -0.488 e. The number of hydrogen-bond acceptors (Lipinski definition) is 2. The predicted molar refractivity (Wildman–Crippen MR) is 114 cm³/mol. The molecule has 3 aromatic carbocycles. The first-order valence-corrected chi connectivity index (χ1v) is 9.69. The molecule has 0 unspecified atom stereocenters. The smallest absolute Gasteiger partial charge is 0.307 e. The zero-order chi connectivity index (χ0) is 19.5. The largest absolute Gasteiger partial charge is 0.488 e. The van der Waals surface area contributed by atoms with Gasteiger partial charge < -0.3 is 14.8 Å². The minimum absolute atomic E-state index is 0.0706. The van der Waals surface area contributed by atoms with Crippen molar-refractivity contribution in [3.05, 3.63) is 88.4 Å². The number of carboxylic acids is 1. The molecule has 0 fully saturated rings. The van der Waals surface area contributed by atoms with Crippen LogP contribution in [-0.2, 0) is 17.8 Å². The number of H-pyrrole nitrogens is 1. The SMILES string of the molecule is O=C(O)Cc1c(-c2ccccc2OCc2ccccc2)[nH]c2ccc(Br)cc12. The van der Waals surface area contributed by atoms with Crippen molar-refractivity contribution in [2.45, 2.75) is 13.0 Å². The van der Waals surface area contributed by atoms with Gasteiger partial charge in [-0.25, -0.2) is 0 Å². The Balaban J connectivity index is 1.78. The zero-order valence-corrected chi connectivity index (χ0v) is 16.6. The Morgan fingerprint density at radius 3 is 2.54 bits per heavy atom. The first kappa shape index (κ1) is 18.3. The van der Waals surface area contributed by atoms with Gasteiger partial charge in [0.1, 0.15) is 12.4 Å². The Bertz CT molecular complexity index is 1140. The number of nitrogens with one attached hydrogen (secondary N) is 1. The molecule has 0 spiro atoms. The normalized spacial score (nSPS) is 10.9. The third-order valence-electron chi connectivity index (χ3n) is 4.59. The van der Waals surface area contributed by atoms with Crippen molar-refractivity contribution >= 4 is 32.8 Å². The van der Waals surface area contributed by atoms with Crippen molar-refractivity contribution in [2.75, 3.05) is 0 Å². The number of carbonyl (C=O) groups is 1. The maximum absolute atomic E-state index is 11.5. The molecule has 0 radical (unpaired) electrons. The second-order valence-corrected chi connectivity index (χ2v) is 7.43. The van der Waals surface area contributed by atoms with Crippen LogP contribution in [0.4, 0.5) is 0 Å². The van der Waals surface area contributed by atoms with Crippen LogP contribution in [0.5, 0.6) is 5.75 Å². The van der Waals surface area contributed by atoms with Crippen LogP contribution >= 0.6 is 15.9 Å². The summed E-state index contributed by atoms with van der Waals surface area (Å²) in [6, 6.07) is 23.5. The van der Waals surface area contributed by atoms with Gasteiger partial charge in [0.25, 0.3) is 0 Å².